The van der Waals surface area contributed by atoms with Crippen LogP contribution in [0.15, 0.2) is 60.5 Å². The number of likely N-dealkylation sites (tertiary alicyclic amines) is 1. The zero-order valence-corrected chi connectivity index (χ0v) is 22.3. The van der Waals surface area contributed by atoms with Crippen LogP contribution in [0.3, 0.4) is 0 Å². The molecule has 1 fully saturated rings. The molecule has 0 saturated carbocycles. The van der Waals surface area contributed by atoms with Crippen LogP contribution in [0, 0.1) is 0 Å². The van der Waals surface area contributed by atoms with Gasteiger partial charge in [-0.1, -0.05) is 42.5 Å². The average Bonchev–Trinajstić information content (AvgIpc) is 3.32. The number of benzene rings is 1. The molecule has 8 heteroatoms. The summed E-state index contributed by atoms with van der Waals surface area (Å²) in [5, 5.41) is 7.32. The van der Waals surface area contributed by atoms with Gasteiger partial charge in [-0.3, -0.25) is 4.68 Å². The highest BCUT2D eigenvalue weighted by atomic mass is 16.6. The van der Waals surface area contributed by atoms with Crippen LogP contribution in [0.1, 0.15) is 52.0 Å². The van der Waals surface area contributed by atoms with Gasteiger partial charge in [0.2, 0.25) is 0 Å². The first-order valence-electron chi connectivity index (χ1n) is 13.0. The van der Waals surface area contributed by atoms with Crippen LogP contribution in [-0.4, -0.2) is 58.7 Å². The third kappa shape index (κ3) is 7.02. The van der Waals surface area contributed by atoms with E-state index in [4.69, 9.17) is 9.47 Å². The van der Waals surface area contributed by atoms with Crippen LogP contribution in [0.2, 0.25) is 0 Å². The number of aryl methyl sites for hydroxylation is 1. The van der Waals surface area contributed by atoms with Gasteiger partial charge in [0.1, 0.15) is 12.2 Å². The zero-order chi connectivity index (χ0) is 26.5. The molecule has 0 bridgehead atoms. The highest BCUT2D eigenvalue weighted by Crippen LogP contribution is 2.37. The first-order chi connectivity index (χ1) is 17.6. The standard InChI is InChI=1S/C29H38N4O4/c1-28(2,3)37-27(35)33-15-13-29(14-16-33,21-30-26(34)36-20-22-9-6-5-7-10-22)25-12-8-11-23(17-25)24-18-31-32(4)19-24/h6,8-12,17-19H,5,7,13-16,20-21H2,1-4H3,(H,30,34). The van der Waals surface area contributed by atoms with E-state index in [-0.39, 0.29) is 18.1 Å². The fraction of sp³-hybridized carbons (Fsp3) is 0.483. The van der Waals surface area contributed by atoms with Gasteiger partial charge in [0.05, 0.1) is 6.20 Å². The lowest BCUT2D eigenvalue weighted by atomic mass is 9.72. The summed E-state index contributed by atoms with van der Waals surface area (Å²) in [5.74, 6) is 0. The Bertz CT molecular complexity index is 1170. The average molecular weight is 507 g/mol. The van der Waals surface area contributed by atoms with E-state index in [1.165, 1.54) is 0 Å². The number of ether oxygens (including phenoxy) is 2. The van der Waals surface area contributed by atoms with Gasteiger partial charge in [-0.2, -0.15) is 5.10 Å². The molecule has 2 aliphatic rings. The number of aromatic nitrogens is 2. The van der Waals surface area contributed by atoms with Crippen LogP contribution in [0.25, 0.3) is 11.1 Å². The van der Waals surface area contributed by atoms with Crippen molar-refractivity contribution in [1.29, 1.82) is 0 Å². The maximum absolute atomic E-state index is 12.7. The van der Waals surface area contributed by atoms with E-state index in [1.807, 2.05) is 52.4 Å². The molecule has 0 atom stereocenters. The summed E-state index contributed by atoms with van der Waals surface area (Å²) in [6.45, 7) is 7.38. The van der Waals surface area contributed by atoms with Crippen molar-refractivity contribution < 1.29 is 19.1 Å². The minimum absolute atomic E-state index is 0.262. The fourth-order valence-corrected chi connectivity index (χ4v) is 4.83. The number of nitrogens with zero attached hydrogens (tertiary/aromatic N) is 3. The molecule has 8 nitrogen and oxygen atoms in total. The molecule has 0 radical (unpaired) electrons. The van der Waals surface area contributed by atoms with Crippen molar-refractivity contribution in [1.82, 2.24) is 20.0 Å². The Morgan fingerprint density at radius 3 is 2.57 bits per heavy atom. The summed E-state index contributed by atoms with van der Waals surface area (Å²) in [6.07, 6.45) is 12.7. The number of carbonyl (C=O) groups excluding carboxylic acids is 2. The number of allylic oxidation sites excluding steroid dienone is 2. The van der Waals surface area contributed by atoms with Gasteiger partial charge in [0, 0.05) is 43.9 Å². The molecule has 1 aliphatic carbocycles. The first kappa shape index (κ1) is 26.5. The number of carbonyl (C=O) groups is 2. The van der Waals surface area contributed by atoms with Gasteiger partial charge < -0.3 is 19.7 Å². The molecular weight excluding hydrogens is 468 g/mol. The van der Waals surface area contributed by atoms with Gasteiger partial charge in [-0.15, -0.1) is 0 Å². The second-order valence-electron chi connectivity index (χ2n) is 10.9. The van der Waals surface area contributed by atoms with E-state index in [0.29, 0.717) is 32.5 Å². The molecular formula is C29H38N4O4. The predicted octanol–water partition coefficient (Wildman–Crippen LogP) is 5.36. The third-order valence-electron chi connectivity index (χ3n) is 6.90. The molecule has 2 heterocycles. The summed E-state index contributed by atoms with van der Waals surface area (Å²) in [6, 6.07) is 8.38. The number of hydrogen-bond donors (Lipinski definition) is 1. The number of rotatable bonds is 6. The van der Waals surface area contributed by atoms with Crippen molar-refractivity contribution in [3.05, 3.63) is 66.0 Å². The molecule has 1 aromatic carbocycles. The number of alkyl carbamates (subject to hydrolysis) is 1. The normalized spacial score (nSPS) is 17.2. The van der Waals surface area contributed by atoms with Crippen molar-refractivity contribution in [2.75, 3.05) is 26.2 Å². The maximum Gasteiger partial charge on any atom is 0.410 e. The summed E-state index contributed by atoms with van der Waals surface area (Å²) >= 11 is 0. The lowest BCUT2D eigenvalue weighted by molar-refractivity contribution is 0.0162. The second-order valence-corrected chi connectivity index (χ2v) is 10.9. The van der Waals surface area contributed by atoms with Crippen LogP contribution in [0.5, 0.6) is 0 Å². The van der Waals surface area contributed by atoms with E-state index in [1.54, 1.807) is 9.58 Å². The minimum atomic E-state index is -0.544. The van der Waals surface area contributed by atoms with E-state index in [0.717, 1.165) is 35.1 Å². The molecule has 0 spiro atoms. The maximum atomic E-state index is 12.7. The molecule has 2 aromatic rings. The number of piperidine rings is 1. The SMILES string of the molecule is Cn1cc(-c2cccc(C3(CNC(=O)OCC4=CCCC=C4)CCN(C(=O)OC(C)(C)C)CC3)c2)cn1. The Balaban J connectivity index is 1.49. The molecule has 37 heavy (non-hydrogen) atoms. The van der Waals surface area contributed by atoms with Crippen molar-refractivity contribution in [2.45, 2.75) is 57.5 Å². The number of hydrogen-bond acceptors (Lipinski definition) is 5. The van der Waals surface area contributed by atoms with Gasteiger partial charge >= 0.3 is 12.2 Å². The Morgan fingerprint density at radius 1 is 1.14 bits per heavy atom. The summed E-state index contributed by atoms with van der Waals surface area (Å²) in [7, 11) is 1.90. The Morgan fingerprint density at radius 2 is 1.92 bits per heavy atom. The Hall–Kier alpha value is -3.55. The van der Waals surface area contributed by atoms with Crippen molar-refractivity contribution in [3.8, 4) is 11.1 Å². The van der Waals surface area contributed by atoms with Gasteiger partial charge in [0.25, 0.3) is 0 Å². The minimum Gasteiger partial charge on any atom is -0.445 e. The summed E-state index contributed by atoms with van der Waals surface area (Å²) < 4.78 is 12.9. The third-order valence-corrected chi connectivity index (χ3v) is 6.90. The van der Waals surface area contributed by atoms with E-state index in [9.17, 15) is 9.59 Å². The molecule has 2 amide bonds. The molecule has 1 saturated heterocycles. The van der Waals surface area contributed by atoms with Gasteiger partial charge in [-0.25, -0.2) is 9.59 Å². The molecule has 1 aromatic heterocycles. The summed E-state index contributed by atoms with van der Waals surface area (Å²) in [4.78, 5) is 27.1. The molecule has 198 valence electrons. The summed E-state index contributed by atoms with van der Waals surface area (Å²) in [5.41, 5.74) is 3.35. The van der Waals surface area contributed by atoms with Gasteiger partial charge in [-0.05, 0) is 63.2 Å². The first-order valence-corrected chi connectivity index (χ1v) is 13.0. The Kier molecular flexibility index (Phi) is 8.05. The lowest BCUT2D eigenvalue weighted by Gasteiger charge is -2.42. The largest absolute Gasteiger partial charge is 0.445 e. The van der Waals surface area contributed by atoms with Crippen LogP contribution in [0.4, 0.5) is 9.59 Å². The number of nitrogens with one attached hydrogen (secondary N) is 1. The predicted molar refractivity (Wildman–Crippen MR) is 143 cm³/mol. The van der Waals surface area contributed by atoms with Crippen molar-refractivity contribution in [2.24, 2.45) is 7.05 Å². The Labute approximate surface area is 219 Å². The van der Waals surface area contributed by atoms with Crippen LogP contribution >= 0.6 is 0 Å². The topological polar surface area (TPSA) is 85.7 Å². The van der Waals surface area contributed by atoms with E-state index >= 15 is 0 Å². The molecule has 0 unspecified atom stereocenters. The quantitative estimate of drug-likeness (QED) is 0.570. The molecule has 1 aliphatic heterocycles. The highest BCUT2D eigenvalue weighted by molar-refractivity contribution is 5.69. The van der Waals surface area contributed by atoms with Crippen LogP contribution < -0.4 is 5.32 Å². The van der Waals surface area contributed by atoms with Crippen LogP contribution in [-0.2, 0) is 21.9 Å². The van der Waals surface area contributed by atoms with Gasteiger partial charge in [0.15, 0.2) is 0 Å². The van der Waals surface area contributed by atoms with Crippen molar-refractivity contribution >= 4 is 12.2 Å². The second kappa shape index (κ2) is 11.2. The highest BCUT2D eigenvalue weighted by Gasteiger charge is 2.39. The van der Waals surface area contributed by atoms with E-state index in [2.05, 4.69) is 40.8 Å². The number of amides is 2. The smallest absolute Gasteiger partial charge is 0.410 e. The zero-order valence-electron chi connectivity index (χ0n) is 22.3. The molecule has 1 N–H and O–H groups in total. The van der Waals surface area contributed by atoms with E-state index < -0.39 is 11.7 Å². The lowest BCUT2D eigenvalue weighted by Crippen LogP contribution is -2.51. The van der Waals surface area contributed by atoms with Crippen molar-refractivity contribution in [3.63, 3.8) is 0 Å². The molecule has 4 rings (SSSR count). The fourth-order valence-electron chi connectivity index (χ4n) is 4.83. The monoisotopic (exact) mass is 506 g/mol.